The van der Waals surface area contributed by atoms with Gasteiger partial charge in [-0.05, 0) is 53.0 Å². The van der Waals surface area contributed by atoms with E-state index in [1.54, 1.807) is 6.92 Å². The minimum absolute atomic E-state index is 0.164. The predicted molar refractivity (Wildman–Crippen MR) is 58.3 cm³/mol. The van der Waals surface area contributed by atoms with Crippen molar-refractivity contribution in [3.63, 3.8) is 0 Å². The molecule has 0 aliphatic carbocycles. The second kappa shape index (κ2) is 4.25. The number of hydrogen-bond acceptors (Lipinski definition) is 1. The highest BCUT2D eigenvalue weighted by Gasteiger charge is 2.05. The Morgan fingerprint density at radius 3 is 2.69 bits per heavy atom. The van der Waals surface area contributed by atoms with Crippen molar-refractivity contribution >= 4 is 33.3 Å². The van der Waals surface area contributed by atoms with Crippen molar-refractivity contribution in [1.29, 1.82) is 0 Å². The summed E-state index contributed by atoms with van der Waals surface area (Å²) >= 11 is 9.22. The van der Waals surface area contributed by atoms with Gasteiger partial charge >= 0.3 is 0 Å². The Hall–Kier alpha value is -0.340. The fourth-order valence-electron chi connectivity index (χ4n) is 1.15. The van der Waals surface area contributed by atoms with Crippen LogP contribution >= 0.6 is 27.5 Å². The number of rotatable bonds is 2. The third kappa shape index (κ3) is 2.82. The van der Waals surface area contributed by atoms with Gasteiger partial charge in [-0.2, -0.15) is 0 Å². The molecule has 70 valence electrons. The van der Waals surface area contributed by atoms with E-state index in [-0.39, 0.29) is 5.78 Å². The molecule has 13 heavy (non-hydrogen) atoms. The predicted octanol–water partition coefficient (Wildman–Crippen LogP) is 3.54. The lowest BCUT2D eigenvalue weighted by molar-refractivity contribution is -0.116. The lowest BCUT2D eigenvalue weighted by Crippen LogP contribution is -1.98. The van der Waals surface area contributed by atoms with E-state index in [4.69, 9.17) is 11.6 Å². The minimum atomic E-state index is 0.164. The van der Waals surface area contributed by atoms with Crippen LogP contribution in [-0.2, 0) is 11.2 Å². The van der Waals surface area contributed by atoms with Crippen LogP contribution in [0.4, 0.5) is 0 Å². The number of Topliss-reactive ketones (excluding diaryl/α,β-unsaturated/α-hetero) is 1. The topological polar surface area (TPSA) is 17.1 Å². The summed E-state index contributed by atoms with van der Waals surface area (Å²) < 4.78 is 0.844. The number of benzene rings is 1. The molecule has 0 saturated heterocycles. The SMILES string of the molecule is CC(=O)Cc1cc(Br)c(Cl)cc1C. The molecule has 0 bridgehead atoms. The van der Waals surface area contributed by atoms with Crippen LogP contribution in [0.15, 0.2) is 16.6 Å². The second-order valence-corrected chi connectivity index (χ2v) is 4.33. The van der Waals surface area contributed by atoms with E-state index < -0.39 is 0 Å². The minimum Gasteiger partial charge on any atom is -0.300 e. The van der Waals surface area contributed by atoms with Gasteiger partial charge in [0, 0.05) is 10.9 Å². The number of ketones is 1. The molecule has 1 nitrogen and oxygen atoms in total. The third-order valence-corrected chi connectivity index (χ3v) is 3.02. The Balaban J connectivity index is 3.08. The van der Waals surface area contributed by atoms with Gasteiger partial charge in [0.25, 0.3) is 0 Å². The number of halogens is 2. The number of hydrogen-bond donors (Lipinski definition) is 0. The van der Waals surface area contributed by atoms with Gasteiger partial charge in [-0.3, -0.25) is 4.79 Å². The lowest BCUT2D eigenvalue weighted by atomic mass is 10.0. The molecule has 0 aliphatic rings. The molecule has 0 unspecified atom stereocenters. The molecule has 1 rings (SSSR count). The molecule has 0 saturated carbocycles. The first-order valence-electron chi connectivity index (χ1n) is 3.94. The Kier molecular flexibility index (Phi) is 3.51. The molecule has 0 amide bonds. The van der Waals surface area contributed by atoms with Gasteiger partial charge in [0.1, 0.15) is 5.78 Å². The molecule has 0 aromatic heterocycles. The Bertz CT molecular complexity index is 347. The molecule has 0 radical (unpaired) electrons. The second-order valence-electron chi connectivity index (χ2n) is 3.07. The number of carbonyl (C=O) groups excluding carboxylic acids is 1. The van der Waals surface area contributed by atoms with E-state index in [9.17, 15) is 4.79 Å². The summed E-state index contributed by atoms with van der Waals surface area (Å²) in [5.41, 5.74) is 2.09. The van der Waals surface area contributed by atoms with Gasteiger partial charge in [0.05, 0.1) is 5.02 Å². The van der Waals surface area contributed by atoms with Crippen LogP contribution in [0.2, 0.25) is 5.02 Å². The molecule has 0 fully saturated rings. The summed E-state index contributed by atoms with van der Waals surface area (Å²) in [4.78, 5) is 10.9. The first-order valence-corrected chi connectivity index (χ1v) is 5.11. The molecule has 3 heteroatoms. The van der Waals surface area contributed by atoms with Crippen molar-refractivity contribution < 1.29 is 4.79 Å². The summed E-state index contributed by atoms with van der Waals surface area (Å²) in [5.74, 6) is 0.164. The Morgan fingerprint density at radius 2 is 2.15 bits per heavy atom. The summed E-state index contributed by atoms with van der Waals surface area (Å²) in [5, 5.41) is 0.685. The van der Waals surface area contributed by atoms with Crippen molar-refractivity contribution in [3.05, 3.63) is 32.8 Å². The van der Waals surface area contributed by atoms with Crippen molar-refractivity contribution in [3.8, 4) is 0 Å². The Labute approximate surface area is 91.2 Å². The Morgan fingerprint density at radius 1 is 1.54 bits per heavy atom. The van der Waals surface area contributed by atoms with Gasteiger partial charge in [-0.1, -0.05) is 11.6 Å². The standard InChI is InChI=1S/C10H10BrClO/c1-6-3-10(12)9(11)5-8(6)4-7(2)13/h3,5H,4H2,1-2H3. The van der Waals surface area contributed by atoms with E-state index in [1.807, 2.05) is 19.1 Å². The first kappa shape index (κ1) is 10.7. The van der Waals surface area contributed by atoms with Crippen LogP contribution in [0.25, 0.3) is 0 Å². The van der Waals surface area contributed by atoms with Gasteiger partial charge in [-0.25, -0.2) is 0 Å². The third-order valence-electron chi connectivity index (χ3n) is 1.82. The molecule has 1 aromatic carbocycles. The number of carbonyl (C=O) groups is 1. The molecule has 0 aliphatic heterocycles. The largest absolute Gasteiger partial charge is 0.300 e. The van der Waals surface area contributed by atoms with Gasteiger partial charge in [-0.15, -0.1) is 0 Å². The molecule has 0 atom stereocenters. The highest BCUT2D eigenvalue weighted by molar-refractivity contribution is 9.10. The van der Waals surface area contributed by atoms with E-state index in [0.717, 1.165) is 15.6 Å². The van der Waals surface area contributed by atoms with Crippen LogP contribution < -0.4 is 0 Å². The number of aryl methyl sites for hydroxylation is 1. The monoisotopic (exact) mass is 260 g/mol. The average Bonchev–Trinajstić information content (AvgIpc) is 1.99. The van der Waals surface area contributed by atoms with Gasteiger partial charge < -0.3 is 0 Å². The average molecular weight is 262 g/mol. The summed E-state index contributed by atoms with van der Waals surface area (Å²) in [6.45, 7) is 3.54. The quantitative estimate of drug-likeness (QED) is 0.796. The zero-order valence-corrected chi connectivity index (χ0v) is 9.87. The van der Waals surface area contributed by atoms with Crippen LogP contribution in [0.3, 0.4) is 0 Å². The van der Waals surface area contributed by atoms with Crippen molar-refractivity contribution in [2.45, 2.75) is 20.3 Å². The van der Waals surface area contributed by atoms with E-state index in [0.29, 0.717) is 11.4 Å². The molecular formula is C10H10BrClO. The maximum Gasteiger partial charge on any atom is 0.134 e. The van der Waals surface area contributed by atoms with Crippen molar-refractivity contribution in [1.82, 2.24) is 0 Å². The lowest BCUT2D eigenvalue weighted by Gasteiger charge is -2.05. The smallest absolute Gasteiger partial charge is 0.134 e. The van der Waals surface area contributed by atoms with Gasteiger partial charge in [0.2, 0.25) is 0 Å². The van der Waals surface area contributed by atoms with E-state index in [1.165, 1.54) is 0 Å². The zero-order chi connectivity index (χ0) is 10.0. The fourth-order valence-corrected chi connectivity index (χ4v) is 1.76. The molecule has 0 N–H and O–H groups in total. The van der Waals surface area contributed by atoms with Crippen LogP contribution in [-0.4, -0.2) is 5.78 Å². The highest BCUT2D eigenvalue weighted by atomic mass is 79.9. The summed E-state index contributed by atoms with van der Waals surface area (Å²) in [6, 6.07) is 3.77. The molecule has 1 aromatic rings. The molecule has 0 spiro atoms. The fraction of sp³-hybridized carbons (Fsp3) is 0.300. The first-order chi connectivity index (χ1) is 6.00. The maximum atomic E-state index is 10.9. The zero-order valence-electron chi connectivity index (χ0n) is 7.53. The van der Waals surface area contributed by atoms with Crippen LogP contribution in [0, 0.1) is 6.92 Å². The summed E-state index contributed by atoms with van der Waals surface area (Å²) in [6.07, 6.45) is 0.474. The van der Waals surface area contributed by atoms with Crippen LogP contribution in [0.5, 0.6) is 0 Å². The maximum absolute atomic E-state index is 10.9. The highest BCUT2D eigenvalue weighted by Crippen LogP contribution is 2.26. The van der Waals surface area contributed by atoms with Crippen molar-refractivity contribution in [2.75, 3.05) is 0 Å². The van der Waals surface area contributed by atoms with Crippen LogP contribution in [0.1, 0.15) is 18.1 Å². The van der Waals surface area contributed by atoms with Gasteiger partial charge in [0.15, 0.2) is 0 Å². The van der Waals surface area contributed by atoms with E-state index in [2.05, 4.69) is 15.9 Å². The summed E-state index contributed by atoms with van der Waals surface area (Å²) in [7, 11) is 0. The molecular weight excluding hydrogens is 251 g/mol. The van der Waals surface area contributed by atoms with Crippen molar-refractivity contribution in [2.24, 2.45) is 0 Å². The normalized spacial score (nSPS) is 10.2. The van der Waals surface area contributed by atoms with E-state index >= 15 is 0 Å². The molecule has 0 heterocycles.